The molecule has 8 nitrogen and oxygen atoms in total. The molecule has 0 aromatic carbocycles. The molecular formula is C9H12N4O4S. The number of nitrogens with zero attached hydrogens (tertiary/aromatic N) is 1. The summed E-state index contributed by atoms with van der Waals surface area (Å²) in [6.07, 6.45) is -0.473. The van der Waals surface area contributed by atoms with E-state index in [9.17, 15) is 14.4 Å². The number of anilines is 1. The predicted molar refractivity (Wildman–Crippen MR) is 64.2 cm³/mol. The first-order valence-corrected chi connectivity index (χ1v) is 5.77. The van der Waals surface area contributed by atoms with Gasteiger partial charge in [-0.3, -0.25) is 10.1 Å². The molecule has 0 fully saturated rings. The van der Waals surface area contributed by atoms with Gasteiger partial charge in [0.15, 0.2) is 5.13 Å². The van der Waals surface area contributed by atoms with E-state index in [1.165, 1.54) is 11.3 Å². The summed E-state index contributed by atoms with van der Waals surface area (Å²) in [5.41, 5.74) is 5.62. The van der Waals surface area contributed by atoms with E-state index >= 15 is 0 Å². The summed E-state index contributed by atoms with van der Waals surface area (Å²) in [4.78, 5) is 36.8. The van der Waals surface area contributed by atoms with Crippen LogP contribution in [-0.2, 0) is 9.59 Å². The molecule has 0 aliphatic rings. The van der Waals surface area contributed by atoms with Crippen LogP contribution >= 0.6 is 11.3 Å². The molecule has 0 aliphatic heterocycles. The summed E-state index contributed by atoms with van der Waals surface area (Å²) in [6, 6.07) is -2.11. The Kier molecular flexibility index (Phi) is 4.60. The van der Waals surface area contributed by atoms with E-state index in [0.717, 1.165) is 5.69 Å². The van der Waals surface area contributed by atoms with Gasteiger partial charge in [-0.05, 0) is 6.92 Å². The van der Waals surface area contributed by atoms with Gasteiger partial charge in [0.05, 0.1) is 12.1 Å². The van der Waals surface area contributed by atoms with Crippen LogP contribution in [0.3, 0.4) is 0 Å². The third-order valence-corrected chi connectivity index (χ3v) is 2.72. The van der Waals surface area contributed by atoms with E-state index in [-0.39, 0.29) is 0 Å². The molecule has 0 aliphatic carbocycles. The number of rotatable bonds is 5. The Balaban J connectivity index is 2.56. The first-order chi connectivity index (χ1) is 8.38. The summed E-state index contributed by atoms with van der Waals surface area (Å²) in [5.74, 6) is -2.15. The molecule has 9 heteroatoms. The van der Waals surface area contributed by atoms with Crippen LogP contribution in [0.15, 0.2) is 5.38 Å². The fourth-order valence-corrected chi connectivity index (χ4v) is 1.79. The molecule has 0 unspecified atom stereocenters. The number of hydrogen-bond donors (Lipinski definition) is 4. The standard InChI is InChI=1S/C9H12N4O4S/c1-4-3-18-9(11-4)13-8(17)12-5(7(15)16)2-6(10)14/h3,5H,2H2,1H3,(H2,10,14)(H,15,16)(H2,11,12,13,17)/t5-/m0/s1. The van der Waals surface area contributed by atoms with Crippen molar-refractivity contribution in [2.75, 3.05) is 5.32 Å². The highest BCUT2D eigenvalue weighted by molar-refractivity contribution is 7.13. The molecule has 3 amide bonds. The smallest absolute Gasteiger partial charge is 0.326 e. The van der Waals surface area contributed by atoms with Gasteiger partial charge in [0.1, 0.15) is 6.04 Å². The van der Waals surface area contributed by atoms with Crippen LogP contribution in [0.2, 0.25) is 0 Å². The van der Waals surface area contributed by atoms with Crippen LogP contribution in [0.25, 0.3) is 0 Å². The number of nitrogens with two attached hydrogens (primary N) is 1. The van der Waals surface area contributed by atoms with Crippen LogP contribution in [-0.4, -0.2) is 34.0 Å². The molecule has 0 radical (unpaired) electrons. The van der Waals surface area contributed by atoms with Crippen molar-refractivity contribution in [1.29, 1.82) is 0 Å². The number of nitrogens with one attached hydrogen (secondary N) is 2. The highest BCUT2D eigenvalue weighted by Crippen LogP contribution is 2.13. The lowest BCUT2D eigenvalue weighted by Crippen LogP contribution is -2.45. The SMILES string of the molecule is Cc1csc(NC(=O)N[C@@H](CC(N)=O)C(=O)O)n1. The minimum atomic E-state index is -1.36. The van der Waals surface area contributed by atoms with Crippen molar-refractivity contribution < 1.29 is 19.5 Å². The number of amides is 3. The van der Waals surface area contributed by atoms with Crippen molar-refractivity contribution in [2.24, 2.45) is 5.73 Å². The first-order valence-electron chi connectivity index (χ1n) is 4.89. The van der Waals surface area contributed by atoms with Gasteiger partial charge in [-0.15, -0.1) is 11.3 Å². The topological polar surface area (TPSA) is 134 Å². The second-order valence-corrected chi connectivity index (χ2v) is 4.31. The molecule has 0 spiro atoms. The maximum absolute atomic E-state index is 11.4. The number of aliphatic carboxylic acids is 1. The zero-order chi connectivity index (χ0) is 13.7. The van der Waals surface area contributed by atoms with Crippen LogP contribution in [0.1, 0.15) is 12.1 Å². The van der Waals surface area contributed by atoms with Crippen molar-refractivity contribution in [3.63, 3.8) is 0 Å². The zero-order valence-corrected chi connectivity index (χ0v) is 10.3. The number of carboxylic acid groups (broad SMARTS) is 1. The number of hydrogen-bond acceptors (Lipinski definition) is 5. The van der Waals surface area contributed by atoms with E-state index in [1.807, 2.05) is 0 Å². The molecule has 0 saturated carbocycles. The summed E-state index contributed by atoms with van der Waals surface area (Å²) < 4.78 is 0. The zero-order valence-electron chi connectivity index (χ0n) is 9.47. The van der Waals surface area contributed by atoms with Gasteiger partial charge in [0.25, 0.3) is 0 Å². The van der Waals surface area contributed by atoms with E-state index in [1.54, 1.807) is 12.3 Å². The second kappa shape index (κ2) is 5.96. The maximum atomic E-state index is 11.4. The summed E-state index contributed by atoms with van der Waals surface area (Å²) in [6.45, 7) is 1.76. The largest absolute Gasteiger partial charge is 0.480 e. The average molecular weight is 272 g/mol. The number of aryl methyl sites for hydroxylation is 1. The summed E-state index contributed by atoms with van der Waals surface area (Å²) in [5, 5.41) is 15.3. The number of urea groups is 1. The van der Waals surface area contributed by atoms with E-state index in [2.05, 4.69) is 15.6 Å². The monoisotopic (exact) mass is 272 g/mol. The highest BCUT2D eigenvalue weighted by Gasteiger charge is 2.22. The van der Waals surface area contributed by atoms with Gasteiger partial charge in [-0.2, -0.15) is 0 Å². The normalized spacial score (nSPS) is 11.6. The lowest BCUT2D eigenvalue weighted by atomic mass is 10.2. The Bertz CT molecular complexity index is 473. The van der Waals surface area contributed by atoms with Crippen LogP contribution in [0.4, 0.5) is 9.93 Å². The minimum Gasteiger partial charge on any atom is -0.480 e. The second-order valence-electron chi connectivity index (χ2n) is 3.45. The first kappa shape index (κ1) is 13.9. The lowest BCUT2D eigenvalue weighted by Gasteiger charge is -2.12. The molecule has 1 aromatic rings. The van der Waals surface area contributed by atoms with Crippen LogP contribution < -0.4 is 16.4 Å². The number of primary amides is 1. The van der Waals surface area contributed by atoms with Crippen molar-refractivity contribution in [2.45, 2.75) is 19.4 Å². The van der Waals surface area contributed by atoms with Crippen molar-refractivity contribution >= 4 is 34.4 Å². The van der Waals surface area contributed by atoms with Crippen molar-refractivity contribution in [3.8, 4) is 0 Å². The van der Waals surface area contributed by atoms with Gasteiger partial charge in [0.2, 0.25) is 5.91 Å². The van der Waals surface area contributed by atoms with E-state index in [4.69, 9.17) is 10.8 Å². The van der Waals surface area contributed by atoms with Crippen LogP contribution in [0, 0.1) is 6.92 Å². The number of thiazole rings is 1. The summed E-state index contributed by atoms with van der Waals surface area (Å²) >= 11 is 1.21. The van der Waals surface area contributed by atoms with Gasteiger partial charge in [-0.1, -0.05) is 0 Å². The van der Waals surface area contributed by atoms with Gasteiger partial charge < -0.3 is 16.2 Å². The van der Waals surface area contributed by atoms with Gasteiger partial charge in [0, 0.05) is 5.38 Å². The minimum absolute atomic E-state index is 0.341. The Morgan fingerprint density at radius 3 is 2.67 bits per heavy atom. The molecule has 98 valence electrons. The Morgan fingerprint density at radius 2 is 2.22 bits per heavy atom. The third-order valence-electron chi connectivity index (χ3n) is 1.85. The van der Waals surface area contributed by atoms with E-state index in [0.29, 0.717) is 5.13 Å². The Hall–Kier alpha value is -2.16. The highest BCUT2D eigenvalue weighted by atomic mass is 32.1. The van der Waals surface area contributed by atoms with Gasteiger partial charge in [-0.25, -0.2) is 14.6 Å². The molecule has 18 heavy (non-hydrogen) atoms. The Labute approximate surface area is 106 Å². The van der Waals surface area contributed by atoms with E-state index < -0.39 is 30.4 Å². The fraction of sp³-hybridized carbons (Fsp3) is 0.333. The molecule has 0 saturated heterocycles. The third kappa shape index (κ3) is 4.37. The molecule has 1 atom stereocenters. The fourth-order valence-electron chi connectivity index (χ4n) is 1.10. The molecule has 1 aromatic heterocycles. The number of carboxylic acids is 1. The molecule has 1 heterocycles. The summed E-state index contributed by atoms with van der Waals surface area (Å²) in [7, 11) is 0. The molecule has 1 rings (SSSR count). The number of aromatic nitrogens is 1. The quantitative estimate of drug-likeness (QED) is 0.593. The molecule has 0 bridgehead atoms. The van der Waals surface area contributed by atoms with Crippen molar-refractivity contribution in [3.05, 3.63) is 11.1 Å². The Morgan fingerprint density at radius 1 is 1.56 bits per heavy atom. The number of carbonyl (C=O) groups is 3. The van der Waals surface area contributed by atoms with Crippen molar-refractivity contribution in [1.82, 2.24) is 10.3 Å². The molecule has 5 N–H and O–H groups in total. The number of carbonyl (C=O) groups excluding carboxylic acids is 2. The lowest BCUT2D eigenvalue weighted by molar-refractivity contribution is -0.140. The predicted octanol–water partition coefficient (Wildman–Crippen LogP) is -0.0984. The van der Waals surface area contributed by atoms with Gasteiger partial charge >= 0.3 is 12.0 Å². The molecular weight excluding hydrogens is 260 g/mol. The maximum Gasteiger partial charge on any atom is 0.326 e. The van der Waals surface area contributed by atoms with Crippen LogP contribution in [0.5, 0.6) is 0 Å². The average Bonchev–Trinajstić information content (AvgIpc) is 2.62.